The van der Waals surface area contributed by atoms with Gasteiger partial charge in [0.15, 0.2) is 0 Å². The number of hydrogen-bond donors (Lipinski definition) is 2. The molecule has 0 aromatic carbocycles. The van der Waals surface area contributed by atoms with Gasteiger partial charge in [0.1, 0.15) is 0 Å². The van der Waals surface area contributed by atoms with Gasteiger partial charge in [-0.15, -0.1) is 0 Å². The van der Waals surface area contributed by atoms with E-state index in [4.69, 9.17) is 10.2 Å². The molecule has 0 atom stereocenters. The Labute approximate surface area is 49.4 Å². The number of carbonyl (C=O) groups is 2. The van der Waals surface area contributed by atoms with Crippen molar-refractivity contribution < 1.29 is 19.8 Å². The number of carboxylic acid groups (broad SMARTS) is 2. The second kappa shape index (κ2) is 2.84. The Bertz CT molecular complexity index is 85.9. The fourth-order valence-electron chi connectivity index (χ4n) is 0.0915. The summed E-state index contributed by atoms with van der Waals surface area (Å²) < 4.78 is -2.28. The van der Waals surface area contributed by atoms with Crippen molar-refractivity contribution in [1.82, 2.24) is 0 Å². The van der Waals surface area contributed by atoms with E-state index < -0.39 is 29.1 Å². The van der Waals surface area contributed by atoms with Crippen LogP contribution in [0, 0.1) is 0 Å². The van der Waals surface area contributed by atoms with E-state index in [1.165, 1.54) is 0 Å². The molecule has 0 saturated carbocycles. The average molecular weight is 209 g/mol. The zero-order chi connectivity index (χ0) is 5.86. The molecule has 0 unspecified atom stereocenters. The SMILES string of the molecule is O=[C](O)[Sn][C](=O)O. The summed E-state index contributed by atoms with van der Waals surface area (Å²) in [5.74, 6) is 0. The summed E-state index contributed by atoms with van der Waals surface area (Å²) >= 11 is -2.13. The van der Waals surface area contributed by atoms with Gasteiger partial charge in [-0.2, -0.15) is 0 Å². The molecule has 2 N–H and O–H groups in total. The summed E-state index contributed by atoms with van der Waals surface area (Å²) in [5, 5.41) is 15.6. The van der Waals surface area contributed by atoms with Gasteiger partial charge in [0.05, 0.1) is 0 Å². The summed E-state index contributed by atoms with van der Waals surface area (Å²) in [6.07, 6.45) is 0. The minimum atomic E-state index is -2.13. The van der Waals surface area contributed by atoms with E-state index in [-0.39, 0.29) is 0 Å². The Morgan fingerprint density at radius 3 is 1.43 bits per heavy atom. The predicted octanol–water partition coefficient (Wildman–Crippen LogP) is 0.0466. The number of hydrogen-bond acceptors (Lipinski definition) is 2. The van der Waals surface area contributed by atoms with Gasteiger partial charge in [0.2, 0.25) is 0 Å². The Morgan fingerprint density at radius 1 is 1.14 bits per heavy atom. The molecule has 0 rings (SSSR count). The van der Waals surface area contributed by atoms with Crippen molar-refractivity contribution in [1.29, 1.82) is 0 Å². The molecular formula is C2H2O4Sn. The molecule has 0 saturated heterocycles. The first-order valence-corrected chi connectivity index (χ1v) is 4.21. The predicted molar refractivity (Wildman–Crippen MR) is 21.8 cm³/mol. The molecule has 7 heavy (non-hydrogen) atoms. The minimum absolute atomic E-state index is 1.14. The van der Waals surface area contributed by atoms with E-state index in [0.29, 0.717) is 0 Å². The van der Waals surface area contributed by atoms with Gasteiger partial charge < -0.3 is 0 Å². The molecule has 0 bridgehead atoms. The first-order chi connectivity index (χ1) is 3.13. The van der Waals surface area contributed by atoms with E-state index in [1.54, 1.807) is 0 Å². The third kappa shape index (κ3) is 5.74. The Morgan fingerprint density at radius 2 is 1.43 bits per heavy atom. The van der Waals surface area contributed by atoms with Crippen LogP contribution in [-0.4, -0.2) is 39.3 Å². The molecule has 4 nitrogen and oxygen atoms in total. The summed E-state index contributed by atoms with van der Waals surface area (Å²) in [5.41, 5.74) is 0. The van der Waals surface area contributed by atoms with E-state index in [9.17, 15) is 9.59 Å². The van der Waals surface area contributed by atoms with E-state index in [2.05, 4.69) is 0 Å². The van der Waals surface area contributed by atoms with E-state index >= 15 is 0 Å². The van der Waals surface area contributed by atoms with Crippen molar-refractivity contribution in [3.05, 3.63) is 0 Å². The second-order valence-electron chi connectivity index (χ2n) is 0.735. The van der Waals surface area contributed by atoms with Gasteiger partial charge in [-0.1, -0.05) is 0 Å². The maximum absolute atomic E-state index is 9.50. The first-order valence-electron chi connectivity index (χ1n) is 1.36. The molecule has 0 amide bonds. The van der Waals surface area contributed by atoms with Crippen LogP contribution in [0.3, 0.4) is 0 Å². The Balaban J connectivity index is 3.32. The van der Waals surface area contributed by atoms with Crippen molar-refractivity contribution in [3.63, 3.8) is 0 Å². The van der Waals surface area contributed by atoms with Gasteiger partial charge in [-0.3, -0.25) is 0 Å². The van der Waals surface area contributed by atoms with Gasteiger partial charge in [0.25, 0.3) is 0 Å². The van der Waals surface area contributed by atoms with Crippen LogP contribution < -0.4 is 0 Å². The molecule has 0 heterocycles. The van der Waals surface area contributed by atoms with Crippen LogP contribution in [0.2, 0.25) is 0 Å². The first kappa shape index (κ1) is 6.74. The van der Waals surface area contributed by atoms with Crippen LogP contribution in [0.5, 0.6) is 0 Å². The quantitative estimate of drug-likeness (QED) is 0.629. The summed E-state index contributed by atoms with van der Waals surface area (Å²) in [4.78, 5) is 19.0. The van der Waals surface area contributed by atoms with E-state index in [1.807, 2.05) is 0 Å². The van der Waals surface area contributed by atoms with Crippen LogP contribution in [0.25, 0.3) is 0 Å². The van der Waals surface area contributed by atoms with Gasteiger partial charge in [0, 0.05) is 0 Å². The topological polar surface area (TPSA) is 74.6 Å². The van der Waals surface area contributed by atoms with Gasteiger partial charge in [-0.25, -0.2) is 0 Å². The summed E-state index contributed by atoms with van der Waals surface area (Å²) in [7, 11) is 0. The molecule has 0 aliphatic rings. The molecular weight excluding hydrogens is 207 g/mol. The van der Waals surface area contributed by atoms with Crippen molar-refractivity contribution >= 4 is 29.1 Å². The molecule has 0 fully saturated rings. The fraction of sp³-hybridized carbons (Fsp3) is 0. The standard InChI is InChI=1S/2CHO2.Sn/c2*2-1-3;/h2*(H,2,3);. The fourth-order valence-corrected chi connectivity index (χ4v) is 0.614. The molecule has 0 spiro atoms. The van der Waals surface area contributed by atoms with Crippen LogP contribution >= 0.6 is 0 Å². The Hall–Kier alpha value is -0.261. The van der Waals surface area contributed by atoms with Crippen molar-refractivity contribution in [2.45, 2.75) is 0 Å². The van der Waals surface area contributed by atoms with Crippen LogP contribution in [0.15, 0.2) is 0 Å². The molecule has 38 valence electrons. The zero-order valence-corrected chi connectivity index (χ0v) is 6.07. The Kier molecular flexibility index (Phi) is 2.73. The van der Waals surface area contributed by atoms with Crippen LogP contribution in [0.1, 0.15) is 0 Å². The van der Waals surface area contributed by atoms with Crippen molar-refractivity contribution in [3.8, 4) is 0 Å². The van der Waals surface area contributed by atoms with Crippen LogP contribution in [0.4, 0.5) is 9.59 Å². The average Bonchev–Trinajstić information content (AvgIpc) is 1.27. The molecule has 5 heteroatoms. The maximum atomic E-state index is 9.50. The molecule has 0 aliphatic heterocycles. The van der Waals surface area contributed by atoms with E-state index in [0.717, 1.165) is 0 Å². The molecule has 2 radical (unpaired) electrons. The molecule has 0 aromatic rings. The van der Waals surface area contributed by atoms with Gasteiger partial charge >= 0.3 is 48.9 Å². The van der Waals surface area contributed by atoms with Crippen LogP contribution in [-0.2, 0) is 0 Å². The second-order valence-corrected chi connectivity index (χ2v) is 3.89. The molecule has 0 aliphatic carbocycles. The van der Waals surface area contributed by atoms with Gasteiger partial charge in [-0.05, 0) is 0 Å². The van der Waals surface area contributed by atoms with Crippen molar-refractivity contribution in [2.24, 2.45) is 0 Å². The number of rotatable bonds is 2. The van der Waals surface area contributed by atoms with Crippen molar-refractivity contribution in [2.75, 3.05) is 0 Å². The molecule has 0 aromatic heterocycles. The summed E-state index contributed by atoms with van der Waals surface area (Å²) in [6.45, 7) is 0. The third-order valence-corrected chi connectivity index (χ3v) is 1.43. The normalized spacial score (nSPS) is 8.00. The third-order valence-electron chi connectivity index (χ3n) is 0.214. The monoisotopic (exact) mass is 210 g/mol. The summed E-state index contributed by atoms with van der Waals surface area (Å²) in [6, 6.07) is 0. The zero-order valence-electron chi connectivity index (χ0n) is 3.21.